The Morgan fingerprint density at radius 3 is 2.73 bits per heavy atom. The van der Waals surface area contributed by atoms with Gasteiger partial charge in [-0.3, -0.25) is 14.3 Å². The molecule has 0 unspecified atom stereocenters. The van der Waals surface area contributed by atoms with E-state index in [1.165, 1.54) is 17.1 Å². The van der Waals surface area contributed by atoms with Crippen LogP contribution in [0.4, 0.5) is 15.9 Å². The summed E-state index contributed by atoms with van der Waals surface area (Å²) in [6, 6.07) is 13.4. The van der Waals surface area contributed by atoms with Gasteiger partial charge in [0.25, 0.3) is 11.5 Å². The lowest BCUT2D eigenvalue weighted by Crippen LogP contribution is -2.26. The zero-order valence-corrected chi connectivity index (χ0v) is 19.8. The predicted molar refractivity (Wildman–Crippen MR) is 136 cm³/mol. The maximum atomic E-state index is 15.3. The molecule has 186 valence electrons. The molecule has 2 aromatic carbocycles. The van der Waals surface area contributed by atoms with Crippen LogP contribution < -0.4 is 16.6 Å². The fraction of sp³-hybridized carbons (Fsp3) is 0.154. The molecule has 0 aliphatic carbocycles. The number of nitrogen functional groups attached to an aromatic ring is 1. The van der Waals surface area contributed by atoms with E-state index in [1.54, 1.807) is 46.8 Å². The van der Waals surface area contributed by atoms with Crippen LogP contribution in [0.25, 0.3) is 27.8 Å². The molecule has 1 aliphatic rings. The van der Waals surface area contributed by atoms with Crippen molar-refractivity contribution in [2.45, 2.75) is 13.2 Å². The minimum Gasteiger partial charge on any atom is -0.383 e. The molecule has 0 radical (unpaired) electrons. The van der Waals surface area contributed by atoms with E-state index in [-0.39, 0.29) is 29.2 Å². The molecule has 6 rings (SSSR count). The number of nitrogens with one attached hydrogen (secondary N) is 1. The maximum Gasteiger partial charge on any atom is 0.284 e. The number of amides is 1. The highest BCUT2D eigenvalue weighted by atomic mass is 19.1. The first-order valence-electron chi connectivity index (χ1n) is 11.6. The van der Waals surface area contributed by atoms with Gasteiger partial charge in [0.2, 0.25) is 0 Å². The van der Waals surface area contributed by atoms with Crippen LogP contribution in [-0.2, 0) is 24.9 Å². The SMILES string of the molecule is Cn1cc(-c2ccc(NC(=O)c3c4n(n(-c5ccccc5)c3=O)CCOC4)cc2F)c2c(N)ncnc21. The second kappa shape index (κ2) is 8.71. The van der Waals surface area contributed by atoms with E-state index in [0.29, 0.717) is 41.1 Å². The highest BCUT2D eigenvalue weighted by molar-refractivity contribution is 6.05. The molecular weight excluding hydrogens is 477 g/mol. The van der Waals surface area contributed by atoms with Crippen molar-refractivity contribution in [3.8, 4) is 16.8 Å². The molecule has 37 heavy (non-hydrogen) atoms. The van der Waals surface area contributed by atoms with Gasteiger partial charge in [-0.1, -0.05) is 18.2 Å². The van der Waals surface area contributed by atoms with E-state index in [4.69, 9.17) is 10.5 Å². The van der Waals surface area contributed by atoms with Gasteiger partial charge in [-0.2, -0.15) is 0 Å². The number of ether oxygens (including phenoxy) is 1. The van der Waals surface area contributed by atoms with Crippen molar-refractivity contribution in [3.05, 3.63) is 88.5 Å². The van der Waals surface area contributed by atoms with Crippen LogP contribution in [-0.4, -0.2) is 36.4 Å². The van der Waals surface area contributed by atoms with Gasteiger partial charge in [0.05, 0.1) is 36.5 Å². The van der Waals surface area contributed by atoms with Gasteiger partial charge in [-0.15, -0.1) is 0 Å². The molecule has 0 bridgehead atoms. The van der Waals surface area contributed by atoms with Crippen molar-refractivity contribution in [2.24, 2.45) is 7.05 Å². The van der Waals surface area contributed by atoms with Gasteiger partial charge in [-0.25, -0.2) is 19.0 Å². The third kappa shape index (κ3) is 3.67. The summed E-state index contributed by atoms with van der Waals surface area (Å²) >= 11 is 0. The predicted octanol–water partition coefficient (Wildman–Crippen LogP) is 3.09. The average Bonchev–Trinajstić information content (AvgIpc) is 3.39. The molecule has 1 aliphatic heterocycles. The molecule has 3 N–H and O–H groups in total. The van der Waals surface area contributed by atoms with Gasteiger partial charge in [-0.05, 0) is 30.3 Å². The summed E-state index contributed by atoms with van der Waals surface area (Å²) in [6.07, 6.45) is 3.08. The van der Waals surface area contributed by atoms with Crippen LogP contribution in [0, 0.1) is 5.82 Å². The molecule has 0 saturated heterocycles. The lowest BCUT2D eigenvalue weighted by atomic mass is 10.0. The Morgan fingerprint density at radius 1 is 1.14 bits per heavy atom. The Balaban J connectivity index is 1.36. The highest BCUT2D eigenvalue weighted by Gasteiger charge is 2.28. The highest BCUT2D eigenvalue weighted by Crippen LogP contribution is 2.34. The number of para-hydroxylation sites is 1. The standard InChI is InChI=1S/C26H22FN7O3/c1-32-12-18(21-23(28)29-14-30-24(21)32)17-8-7-15(11-19(17)27)31-25(35)22-20-13-37-10-9-33(20)34(26(22)36)16-5-3-2-4-6-16/h2-8,11-12,14H,9-10,13H2,1H3,(H,31,35)(H2,28,29,30). The zero-order valence-electron chi connectivity index (χ0n) is 19.8. The fourth-order valence-electron chi connectivity index (χ4n) is 4.79. The molecule has 11 heteroatoms. The summed E-state index contributed by atoms with van der Waals surface area (Å²) < 4.78 is 25.8. The van der Waals surface area contributed by atoms with Gasteiger partial charge in [0.1, 0.15) is 29.2 Å². The first kappa shape index (κ1) is 22.7. The molecule has 0 fully saturated rings. The van der Waals surface area contributed by atoms with Gasteiger partial charge >= 0.3 is 0 Å². The fourth-order valence-corrected chi connectivity index (χ4v) is 4.79. The summed E-state index contributed by atoms with van der Waals surface area (Å²) in [7, 11) is 1.79. The Kier molecular flexibility index (Phi) is 5.34. The van der Waals surface area contributed by atoms with Gasteiger partial charge in [0.15, 0.2) is 0 Å². The van der Waals surface area contributed by atoms with Crippen molar-refractivity contribution in [3.63, 3.8) is 0 Å². The Bertz CT molecular complexity index is 1740. The first-order valence-corrected chi connectivity index (χ1v) is 11.6. The van der Waals surface area contributed by atoms with Crippen molar-refractivity contribution in [1.29, 1.82) is 0 Å². The first-order chi connectivity index (χ1) is 17.9. The van der Waals surface area contributed by atoms with Crippen LogP contribution >= 0.6 is 0 Å². The minimum atomic E-state index is -0.635. The topological polar surface area (TPSA) is 122 Å². The number of hydrogen-bond acceptors (Lipinski definition) is 6. The van der Waals surface area contributed by atoms with Crippen LogP contribution in [0.5, 0.6) is 0 Å². The largest absolute Gasteiger partial charge is 0.383 e. The molecule has 10 nitrogen and oxygen atoms in total. The van der Waals surface area contributed by atoms with Crippen LogP contribution in [0.2, 0.25) is 0 Å². The lowest BCUT2D eigenvalue weighted by Gasteiger charge is -2.19. The Hall–Kier alpha value is -4.77. The molecule has 5 aromatic rings. The average molecular weight is 500 g/mol. The van der Waals surface area contributed by atoms with Crippen LogP contribution in [0.1, 0.15) is 16.1 Å². The smallest absolute Gasteiger partial charge is 0.284 e. The third-order valence-corrected chi connectivity index (χ3v) is 6.46. The number of rotatable bonds is 4. The molecule has 3 aromatic heterocycles. The van der Waals surface area contributed by atoms with E-state index in [9.17, 15) is 9.59 Å². The number of fused-ring (bicyclic) bond motifs is 2. The van der Waals surface area contributed by atoms with E-state index in [2.05, 4.69) is 15.3 Å². The number of aryl methyl sites for hydroxylation is 1. The second-order valence-electron chi connectivity index (χ2n) is 8.71. The number of nitrogens with zero attached hydrogens (tertiary/aromatic N) is 5. The van der Waals surface area contributed by atoms with E-state index >= 15 is 4.39 Å². The molecule has 1 amide bonds. The second-order valence-corrected chi connectivity index (χ2v) is 8.71. The summed E-state index contributed by atoms with van der Waals surface area (Å²) in [4.78, 5) is 34.9. The van der Waals surface area contributed by atoms with Crippen molar-refractivity contribution < 1.29 is 13.9 Å². The number of carbonyl (C=O) groups is 1. The quantitative estimate of drug-likeness (QED) is 0.392. The van der Waals surface area contributed by atoms with E-state index in [1.807, 2.05) is 18.2 Å². The summed E-state index contributed by atoms with van der Waals surface area (Å²) in [5, 5.41) is 3.22. The Labute approximate surface area is 209 Å². The lowest BCUT2D eigenvalue weighted by molar-refractivity contribution is 0.0756. The number of anilines is 2. The number of nitrogens with two attached hydrogens (primary N) is 1. The monoisotopic (exact) mass is 499 g/mol. The number of benzene rings is 2. The minimum absolute atomic E-state index is 0.0352. The van der Waals surface area contributed by atoms with Crippen LogP contribution in [0.3, 0.4) is 0 Å². The molecular formula is C26H22FN7O3. The number of halogens is 1. The number of hydrogen-bond donors (Lipinski definition) is 2. The van der Waals surface area contributed by atoms with E-state index < -0.39 is 17.3 Å². The number of aromatic nitrogens is 5. The van der Waals surface area contributed by atoms with Crippen molar-refractivity contribution in [1.82, 2.24) is 23.9 Å². The van der Waals surface area contributed by atoms with Gasteiger partial charge < -0.3 is 20.4 Å². The third-order valence-electron chi connectivity index (χ3n) is 6.46. The molecule has 4 heterocycles. The number of carbonyl (C=O) groups excluding carboxylic acids is 1. The maximum absolute atomic E-state index is 15.3. The molecule has 0 atom stereocenters. The summed E-state index contributed by atoms with van der Waals surface area (Å²) in [6.45, 7) is 0.967. The van der Waals surface area contributed by atoms with E-state index in [0.717, 1.165) is 0 Å². The Morgan fingerprint density at radius 2 is 1.95 bits per heavy atom. The summed E-state index contributed by atoms with van der Waals surface area (Å²) in [5.74, 6) is -0.964. The van der Waals surface area contributed by atoms with Crippen molar-refractivity contribution in [2.75, 3.05) is 17.7 Å². The normalized spacial score (nSPS) is 13.0. The van der Waals surface area contributed by atoms with Gasteiger partial charge in [0, 0.05) is 30.1 Å². The molecule has 0 saturated carbocycles. The van der Waals surface area contributed by atoms with Crippen molar-refractivity contribution >= 4 is 28.4 Å². The zero-order chi connectivity index (χ0) is 25.7. The summed E-state index contributed by atoms with van der Waals surface area (Å²) in [5.41, 5.74) is 8.26. The van der Waals surface area contributed by atoms with Crippen LogP contribution in [0.15, 0.2) is 65.8 Å². The molecule has 0 spiro atoms.